The van der Waals surface area contributed by atoms with Crippen LogP contribution >= 0.6 is 0 Å². The summed E-state index contributed by atoms with van der Waals surface area (Å²) in [5.41, 5.74) is 3.09. The molecule has 1 fully saturated rings. The second-order valence-corrected chi connectivity index (χ2v) is 7.13. The van der Waals surface area contributed by atoms with Crippen LogP contribution in [0.1, 0.15) is 35.0 Å². The normalized spacial score (nSPS) is 18.9. The molecule has 148 valence electrons. The Labute approximate surface area is 162 Å². The monoisotopic (exact) mass is 386 g/mol. The predicted octanol–water partition coefficient (Wildman–Crippen LogP) is 1.93. The van der Waals surface area contributed by atoms with Crippen LogP contribution in [0.5, 0.6) is 0 Å². The highest BCUT2D eigenvalue weighted by Crippen LogP contribution is 2.28. The number of fused-ring (bicyclic) bond motifs is 1. The minimum Gasteiger partial charge on any atom is -0.461 e. The Kier molecular flexibility index (Phi) is 5.13. The second kappa shape index (κ2) is 7.71. The zero-order chi connectivity index (χ0) is 19.7. The third-order valence-corrected chi connectivity index (χ3v) is 5.20. The summed E-state index contributed by atoms with van der Waals surface area (Å²) in [5.74, 6) is -0.385. The van der Waals surface area contributed by atoms with Crippen LogP contribution in [0.15, 0.2) is 24.4 Å². The van der Waals surface area contributed by atoms with Gasteiger partial charge in [-0.1, -0.05) is 0 Å². The summed E-state index contributed by atoms with van der Waals surface area (Å²) in [4.78, 5) is 24.1. The first-order chi connectivity index (χ1) is 13.5. The molecule has 0 radical (unpaired) electrons. The first-order valence-electron chi connectivity index (χ1n) is 9.54. The Hall–Kier alpha value is -2.74. The molecule has 0 spiro atoms. The third-order valence-electron chi connectivity index (χ3n) is 5.20. The van der Waals surface area contributed by atoms with E-state index in [1.165, 1.54) is 6.07 Å². The molecule has 0 saturated carbocycles. The number of aliphatic hydroxyl groups excluding tert-OH is 1. The number of nitrogens with zero attached hydrogens (tertiary/aromatic N) is 4. The number of hydrogen-bond donors (Lipinski definition) is 1. The van der Waals surface area contributed by atoms with Gasteiger partial charge in [-0.15, -0.1) is 0 Å². The van der Waals surface area contributed by atoms with Crippen molar-refractivity contribution in [2.24, 2.45) is 0 Å². The zero-order valence-corrected chi connectivity index (χ0v) is 15.8. The van der Waals surface area contributed by atoms with E-state index < -0.39 is 11.9 Å². The van der Waals surface area contributed by atoms with E-state index in [0.717, 1.165) is 16.8 Å². The molecule has 28 heavy (non-hydrogen) atoms. The van der Waals surface area contributed by atoms with E-state index in [9.17, 15) is 14.3 Å². The smallest absolute Gasteiger partial charge is 0.356 e. The summed E-state index contributed by atoms with van der Waals surface area (Å²) in [5, 5.41) is 9.75. The average Bonchev–Trinajstić information content (AvgIpc) is 3.13. The number of rotatable bonds is 4. The molecule has 8 heteroatoms. The Morgan fingerprint density at radius 1 is 1.29 bits per heavy atom. The van der Waals surface area contributed by atoms with E-state index in [1.54, 1.807) is 19.2 Å². The summed E-state index contributed by atoms with van der Waals surface area (Å²) in [7, 11) is 0. The number of hydrogen-bond acceptors (Lipinski definition) is 7. The second-order valence-electron chi connectivity index (χ2n) is 7.13. The van der Waals surface area contributed by atoms with Gasteiger partial charge in [-0.05, 0) is 37.0 Å². The van der Waals surface area contributed by atoms with E-state index in [0.29, 0.717) is 57.1 Å². The summed E-state index contributed by atoms with van der Waals surface area (Å²) >= 11 is 0. The van der Waals surface area contributed by atoms with Crippen molar-refractivity contribution < 1.29 is 19.0 Å². The number of halogens is 1. The summed E-state index contributed by atoms with van der Waals surface area (Å²) in [6.45, 7) is 4.49. The number of aliphatic hydroxyl groups is 1. The number of aromatic nitrogens is 2. The number of esters is 1. The molecule has 0 aromatic carbocycles. The van der Waals surface area contributed by atoms with Crippen LogP contribution in [0, 0.1) is 5.95 Å². The van der Waals surface area contributed by atoms with E-state index in [4.69, 9.17) is 4.74 Å². The van der Waals surface area contributed by atoms with Crippen LogP contribution in [0.4, 0.5) is 15.9 Å². The maximum absolute atomic E-state index is 14.2. The average molecular weight is 386 g/mol. The lowest BCUT2D eigenvalue weighted by atomic mass is 10.0. The van der Waals surface area contributed by atoms with Gasteiger partial charge >= 0.3 is 5.97 Å². The molecule has 1 atom stereocenters. The molecule has 0 aliphatic carbocycles. The van der Waals surface area contributed by atoms with Crippen molar-refractivity contribution >= 4 is 17.5 Å². The third kappa shape index (κ3) is 3.77. The fourth-order valence-electron chi connectivity index (χ4n) is 3.74. The van der Waals surface area contributed by atoms with Crippen LogP contribution in [0.25, 0.3) is 0 Å². The maximum Gasteiger partial charge on any atom is 0.356 e. The first kappa shape index (κ1) is 18.6. The van der Waals surface area contributed by atoms with Crippen molar-refractivity contribution in [2.45, 2.75) is 32.4 Å². The molecule has 2 aliphatic heterocycles. The van der Waals surface area contributed by atoms with E-state index >= 15 is 0 Å². The molecule has 2 aromatic rings. The van der Waals surface area contributed by atoms with Gasteiger partial charge in [-0.25, -0.2) is 14.8 Å². The van der Waals surface area contributed by atoms with Crippen molar-refractivity contribution in [2.75, 3.05) is 36.0 Å². The zero-order valence-electron chi connectivity index (χ0n) is 15.8. The minimum absolute atomic E-state index is 0.312. The van der Waals surface area contributed by atoms with Crippen LogP contribution in [0.2, 0.25) is 0 Å². The van der Waals surface area contributed by atoms with Crippen molar-refractivity contribution in [3.8, 4) is 0 Å². The molecule has 7 nitrogen and oxygen atoms in total. The van der Waals surface area contributed by atoms with E-state index in [1.807, 2.05) is 15.9 Å². The van der Waals surface area contributed by atoms with Crippen LogP contribution in [-0.4, -0.2) is 53.4 Å². The number of pyridine rings is 2. The highest BCUT2D eigenvalue weighted by Gasteiger charge is 2.24. The van der Waals surface area contributed by atoms with Gasteiger partial charge in [0.25, 0.3) is 0 Å². The number of carbonyl (C=O) groups is 1. The lowest BCUT2D eigenvalue weighted by Crippen LogP contribution is -2.32. The highest BCUT2D eigenvalue weighted by molar-refractivity contribution is 5.87. The lowest BCUT2D eigenvalue weighted by molar-refractivity contribution is 0.0519. The predicted molar refractivity (Wildman–Crippen MR) is 102 cm³/mol. The van der Waals surface area contributed by atoms with Gasteiger partial charge in [0.2, 0.25) is 5.95 Å². The molecular formula is C20H23FN4O3. The highest BCUT2D eigenvalue weighted by atomic mass is 19.1. The Morgan fingerprint density at radius 2 is 2.14 bits per heavy atom. The Balaban J connectivity index is 1.54. The Bertz CT molecular complexity index is 892. The van der Waals surface area contributed by atoms with Gasteiger partial charge in [-0.2, -0.15) is 4.39 Å². The Morgan fingerprint density at radius 3 is 2.89 bits per heavy atom. The molecule has 4 heterocycles. The first-order valence-corrected chi connectivity index (χ1v) is 9.54. The van der Waals surface area contributed by atoms with Crippen molar-refractivity contribution in [3.63, 3.8) is 0 Å². The number of ether oxygens (including phenoxy) is 1. The van der Waals surface area contributed by atoms with Gasteiger partial charge in [0, 0.05) is 50.2 Å². The molecule has 2 aliphatic rings. The summed E-state index contributed by atoms with van der Waals surface area (Å²) in [6, 6.07) is 5.06. The van der Waals surface area contributed by atoms with Crippen LogP contribution in [0.3, 0.4) is 0 Å². The summed E-state index contributed by atoms with van der Waals surface area (Å²) < 4.78 is 19.2. The largest absolute Gasteiger partial charge is 0.461 e. The fourth-order valence-corrected chi connectivity index (χ4v) is 3.74. The molecule has 0 bridgehead atoms. The quantitative estimate of drug-likeness (QED) is 0.635. The van der Waals surface area contributed by atoms with Crippen LogP contribution < -0.4 is 9.80 Å². The summed E-state index contributed by atoms with van der Waals surface area (Å²) in [6.07, 6.45) is 2.71. The van der Waals surface area contributed by atoms with Gasteiger partial charge in [-0.3, -0.25) is 0 Å². The van der Waals surface area contributed by atoms with Crippen molar-refractivity contribution in [1.82, 2.24) is 9.97 Å². The van der Waals surface area contributed by atoms with Gasteiger partial charge < -0.3 is 19.6 Å². The number of β-amino-alcohol motifs (C(OH)–C–C–N with tert-alkyl or cyclic N) is 1. The molecule has 4 rings (SSSR count). The molecule has 1 saturated heterocycles. The molecule has 1 unspecified atom stereocenters. The van der Waals surface area contributed by atoms with Crippen molar-refractivity contribution in [3.05, 3.63) is 47.2 Å². The number of anilines is 2. The lowest BCUT2D eigenvalue weighted by Gasteiger charge is -2.30. The minimum atomic E-state index is -0.532. The topological polar surface area (TPSA) is 78.8 Å². The fraction of sp³-hybridized carbons (Fsp3) is 0.450. The van der Waals surface area contributed by atoms with Gasteiger partial charge in [0.1, 0.15) is 11.5 Å². The maximum atomic E-state index is 14.2. The molecule has 1 N–H and O–H groups in total. The standard InChI is InChI=1S/C20H23FN4O3/c1-2-28-20(27)17-7-13-3-5-25(11-14(13)10-22-17)19-9-15(8-18(21)23-19)24-6-4-16(26)12-24/h7-10,16,26H,2-6,11-12H2,1H3. The molecule has 0 amide bonds. The number of carbonyl (C=O) groups excluding carboxylic acids is 1. The van der Waals surface area contributed by atoms with Gasteiger partial charge in [0.15, 0.2) is 0 Å². The molecular weight excluding hydrogens is 363 g/mol. The molecule has 2 aromatic heterocycles. The van der Waals surface area contributed by atoms with E-state index in [-0.39, 0.29) is 6.10 Å². The SMILES string of the molecule is CCOC(=O)c1cc2c(cn1)CN(c1cc(N3CCC(O)C3)cc(F)n1)CC2. The van der Waals surface area contributed by atoms with Gasteiger partial charge in [0.05, 0.1) is 12.7 Å². The van der Waals surface area contributed by atoms with Crippen LogP contribution in [-0.2, 0) is 17.7 Å². The van der Waals surface area contributed by atoms with E-state index in [2.05, 4.69) is 9.97 Å². The van der Waals surface area contributed by atoms with Crippen molar-refractivity contribution in [1.29, 1.82) is 0 Å².